The van der Waals surface area contributed by atoms with Gasteiger partial charge in [-0.3, -0.25) is 0 Å². The van der Waals surface area contributed by atoms with Crippen molar-refractivity contribution in [3.63, 3.8) is 0 Å². The highest BCUT2D eigenvalue weighted by Gasteiger charge is 2.37. The lowest BCUT2D eigenvalue weighted by atomic mass is 10.1. The first-order chi connectivity index (χ1) is 25.6. The summed E-state index contributed by atoms with van der Waals surface area (Å²) in [5.41, 5.74) is 0. The summed E-state index contributed by atoms with van der Waals surface area (Å²) in [7, 11) is 2.05. The van der Waals surface area contributed by atoms with Crippen LogP contribution in [0.1, 0.15) is 207 Å². The molecule has 0 bridgehead atoms. The van der Waals surface area contributed by atoms with Gasteiger partial charge in [0.05, 0.1) is 11.5 Å². The molecule has 0 amide bonds. The molecule has 0 aromatic carbocycles. The monoisotopic (exact) mass is 730 g/mol. The van der Waals surface area contributed by atoms with Crippen LogP contribution in [-0.4, -0.2) is 44.8 Å². The third-order valence-electron chi connectivity index (χ3n) is 10.4. The quantitative estimate of drug-likeness (QED) is 0.0297. The van der Waals surface area contributed by atoms with Crippen LogP contribution in [0.4, 0.5) is 0 Å². The van der Waals surface area contributed by atoms with Crippen molar-refractivity contribution in [3.8, 4) is 0 Å². The lowest BCUT2D eigenvalue weighted by Gasteiger charge is -2.25. The molecule has 3 atom stereocenters. The Labute approximate surface area is 324 Å². The van der Waals surface area contributed by atoms with Gasteiger partial charge in [-0.2, -0.15) is 0 Å². The standard InChI is InChI=1S/C47H87NO4/c1-7-11-14-17-20-21-22-23-24-25-26-27-28-29-32-35-42(5)51-45-40-43(48-6)41-46(45)52-44(10-4)36-37-47(49-38-33-30-18-15-12-8-2)50-39-34-31-19-16-13-9-3/h10,20-21,23-24,43,45-48H,5,7-9,11-19,22,25-41H2,1-4,6H3/b21-20-,24-23-,44-10-. The van der Waals surface area contributed by atoms with Gasteiger partial charge >= 0.3 is 0 Å². The summed E-state index contributed by atoms with van der Waals surface area (Å²) in [6.07, 6.45) is 44.8. The van der Waals surface area contributed by atoms with Crippen molar-refractivity contribution in [2.75, 3.05) is 20.3 Å². The van der Waals surface area contributed by atoms with E-state index in [4.69, 9.17) is 18.9 Å². The van der Waals surface area contributed by atoms with E-state index in [0.717, 1.165) is 82.5 Å². The molecule has 0 spiro atoms. The van der Waals surface area contributed by atoms with Crippen LogP contribution >= 0.6 is 0 Å². The Hall–Kier alpha value is -1.56. The topological polar surface area (TPSA) is 49.0 Å². The van der Waals surface area contributed by atoms with Crippen LogP contribution in [0.3, 0.4) is 0 Å². The molecule has 0 aromatic heterocycles. The van der Waals surface area contributed by atoms with Crippen LogP contribution in [0, 0.1) is 0 Å². The third kappa shape index (κ3) is 28.0. The van der Waals surface area contributed by atoms with E-state index in [0.29, 0.717) is 6.04 Å². The molecule has 1 aliphatic carbocycles. The van der Waals surface area contributed by atoms with Crippen molar-refractivity contribution in [2.24, 2.45) is 0 Å². The highest BCUT2D eigenvalue weighted by molar-refractivity contribution is 4.99. The Morgan fingerprint density at radius 2 is 1.10 bits per heavy atom. The second-order valence-corrected chi connectivity index (χ2v) is 15.3. The number of ether oxygens (including phenoxy) is 4. The number of hydrogen-bond acceptors (Lipinski definition) is 5. The van der Waals surface area contributed by atoms with Crippen LogP contribution < -0.4 is 5.32 Å². The van der Waals surface area contributed by atoms with Gasteiger partial charge in [-0.25, -0.2) is 0 Å². The van der Waals surface area contributed by atoms with Gasteiger partial charge in [0.1, 0.15) is 12.2 Å². The molecule has 5 nitrogen and oxygen atoms in total. The first kappa shape index (κ1) is 48.5. The fraction of sp³-hybridized carbons (Fsp3) is 0.830. The largest absolute Gasteiger partial charge is 0.491 e. The van der Waals surface area contributed by atoms with E-state index in [1.807, 2.05) is 7.05 Å². The van der Waals surface area contributed by atoms with Gasteiger partial charge in [0, 0.05) is 51.4 Å². The molecule has 52 heavy (non-hydrogen) atoms. The fourth-order valence-electron chi connectivity index (χ4n) is 6.99. The lowest BCUT2D eigenvalue weighted by Crippen LogP contribution is -2.26. The minimum absolute atomic E-state index is 0.0246. The molecule has 0 heterocycles. The van der Waals surface area contributed by atoms with Gasteiger partial charge in [-0.1, -0.05) is 148 Å². The minimum atomic E-state index is -0.172. The first-order valence-electron chi connectivity index (χ1n) is 22.4. The number of rotatable bonds is 38. The zero-order valence-corrected chi connectivity index (χ0v) is 35.2. The van der Waals surface area contributed by atoms with E-state index >= 15 is 0 Å². The fourth-order valence-corrected chi connectivity index (χ4v) is 6.99. The van der Waals surface area contributed by atoms with Gasteiger partial charge < -0.3 is 24.3 Å². The summed E-state index contributed by atoms with van der Waals surface area (Å²) in [5, 5.41) is 3.47. The van der Waals surface area contributed by atoms with Gasteiger partial charge in [0.25, 0.3) is 0 Å². The number of nitrogens with one attached hydrogen (secondary N) is 1. The summed E-state index contributed by atoms with van der Waals surface area (Å²) >= 11 is 0. The lowest BCUT2D eigenvalue weighted by molar-refractivity contribution is -0.148. The summed E-state index contributed by atoms with van der Waals surface area (Å²) < 4.78 is 25.8. The Morgan fingerprint density at radius 1 is 0.615 bits per heavy atom. The van der Waals surface area contributed by atoms with Crippen LogP contribution in [0.2, 0.25) is 0 Å². The normalized spacial score (nSPS) is 18.0. The summed E-state index contributed by atoms with van der Waals surface area (Å²) in [6, 6.07) is 0.394. The number of hydrogen-bond donors (Lipinski definition) is 1. The zero-order valence-electron chi connectivity index (χ0n) is 35.2. The molecule has 0 aliphatic heterocycles. The second-order valence-electron chi connectivity index (χ2n) is 15.3. The Bertz CT molecular complexity index is 865. The summed E-state index contributed by atoms with van der Waals surface area (Å²) in [6.45, 7) is 14.8. The maximum Gasteiger partial charge on any atom is 0.157 e. The highest BCUT2D eigenvalue weighted by atomic mass is 16.7. The second kappa shape index (κ2) is 36.4. The SMILES string of the molecule is C=C(CCCCCCC/C=C\C/C=C\CCCCC)OC1CC(NC)CC1O/C(=C\C)CCC(OCCCCCCCC)OCCCCCCCC. The molecular formula is C47H87NO4. The summed E-state index contributed by atoms with van der Waals surface area (Å²) in [5.74, 6) is 1.93. The molecule has 304 valence electrons. The Morgan fingerprint density at radius 3 is 1.65 bits per heavy atom. The van der Waals surface area contributed by atoms with Crippen LogP contribution in [0.15, 0.2) is 48.5 Å². The maximum atomic E-state index is 6.68. The van der Waals surface area contributed by atoms with E-state index in [1.165, 1.54) is 122 Å². The number of allylic oxidation sites excluding steroid dienone is 7. The first-order valence-corrected chi connectivity index (χ1v) is 22.4. The molecule has 1 saturated carbocycles. The van der Waals surface area contributed by atoms with E-state index in [1.54, 1.807) is 0 Å². The zero-order chi connectivity index (χ0) is 37.7. The van der Waals surface area contributed by atoms with E-state index < -0.39 is 0 Å². The van der Waals surface area contributed by atoms with Gasteiger partial charge in [-0.05, 0) is 71.4 Å². The molecule has 1 N–H and O–H groups in total. The average molecular weight is 730 g/mol. The van der Waals surface area contributed by atoms with Crippen LogP contribution in [0.25, 0.3) is 0 Å². The molecule has 3 unspecified atom stereocenters. The van der Waals surface area contributed by atoms with Crippen molar-refractivity contribution in [2.45, 2.75) is 232 Å². The predicted octanol–water partition coefficient (Wildman–Crippen LogP) is 14.2. The van der Waals surface area contributed by atoms with Gasteiger partial charge in [0.2, 0.25) is 0 Å². The van der Waals surface area contributed by atoms with Crippen LogP contribution in [0.5, 0.6) is 0 Å². The molecule has 1 rings (SSSR count). The van der Waals surface area contributed by atoms with E-state index in [-0.39, 0.29) is 18.5 Å². The van der Waals surface area contributed by atoms with Crippen molar-refractivity contribution < 1.29 is 18.9 Å². The van der Waals surface area contributed by atoms with Crippen LogP contribution in [-0.2, 0) is 18.9 Å². The van der Waals surface area contributed by atoms with E-state index in [2.05, 4.69) is 70.0 Å². The number of unbranched alkanes of at least 4 members (excludes halogenated alkanes) is 18. The Kier molecular flexibility index (Phi) is 33.9. The van der Waals surface area contributed by atoms with Crippen molar-refractivity contribution in [3.05, 3.63) is 48.5 Å². The minimum Gasteiger partial charge on any atom is -0.491 e. The molecular weight excluding hydrogens is 643 g/mol. The predicted molar refractivity (Wildman–Crippen MR) is 226 cm³/mol. The molecule has 1 fully saturated rings. The molecule has 1 aliphatic rings. The third-order valence-corrected chi connectivity index (χ3v) is 10.4. The average Bonchev–Trinajstić information content (AvgIpc) is 3.54. The molecule has 0 radical (unpaired) electrons. The van der Waals surface area contributed by atoms with Gasteiger partial charge in [0.15, 0.2) is 6.29 Å². The maximum absolute atomic E-state index is 6.68. The highest BCUT2D eigenvalue weighted by Crippen LogP contribution is 2.31. The Balaban J connectivity index is 2.42. The molecule has 0 aromatic rings. The smallest absolute Gasteiger partial charge is 0.157 e. The van der Waals surface area contributed by atoms with Crippen molar-refractivity contribution >= 4 is 0 Å². The summed E-state index contributed by atoms with van der Waals surface area (Å²) in [4.78, 5) is 0. The van der Waals surface area contributed by atoms with Crippen molar-refractivity contribution in [1.82, 2.24) is 5.32 Å². The molecule has 0 saturated heterocycles. The van der Waals surface area contributed by atoms with Crippen molar-refractivity contribution in [1.29, 1.82) is 0 Å². The van der Waals surface area contributed by atoms with E-state index in [9.17, 15) is 0 Å². The van der Waals surface area contributed by atoms with Gasteiger partial charge in [-0.15, -0.1) is 0 Å². The molecule has 5 heteroatoms.